The second kappa shape index (κ2) is 8.60. The van der Waals surface area contributed by atoms with Gasteiger partial charge in [0.1, 0.15) is 6.04 Å². The smallest absolute Gasteiger partial charge is 0.289 e. The Morgan fingerprint density at radius 3 is 2.30 bits per heavy atom. The van der Waals surface area contributed by atoms with Crippen LogP contribution in [-0.2, 0) is 14.8 Å². The number of nitrogens with zero attached hydrogens (tertiary/aromatic N) is 1. The van der Waals surface area contributed by atoms with Gasteiger partial charge in [0, 0.05) is 17.1 Å². The fraction of sp³-hybridized carbons (Fsp3) is 0.190. The molecule has 0 aromatic heterocycles. The van der Waals surface area contributed by atoms with Crippen molar-refractivity contribution in [3.8, 4) is 0 Å². The van der Waals surface area contributed by atoms with Gasteiger partial charge in [0.2, 0.25) is 15.9 Å². The lowest BCUT2D eigenvalue weighted by Gasteiger charge is -2.22. The topological polar surface area (TPSA) is 118 Å². The lowest BCUT2D eigenvalue weighted by Crippen LogP contribution is -2.47. The normalized spacial score (nSPS) is 12.6. The van der Waals surface area contributed by atoms with E-state index in [4.69, 9.17) is 0 Å². The average Bonchev–Trinajstić information content (AvgIpc) is 2.72. The molecule has 9 heteroatoms. The molecule has 3 aromatic carbocycles. The first-order valence-electron chi connectivity index (χ1n) is 9.25. The number of fused-ring (bicyclic) bond motifs is 1. The zero-order valence-corrected chi connectivity index (χ0v) is 17.2. The maximum atomic E-state index is 13.0. The van der Waals surface area contributed by atoms with Gasteiger partial charge in [-0.15, -0.1) is 0 Å². The predicted octanol–water partition coefficient (Wildman–Crippen LogP) is 3.69. The van der Waals surface area contributed by atoms with E-state index in [9.17, 15) is 23.3 Å². The summed E-state index contributed by atoms with van der Waals surface area (Å²) in [5.74, 6) is -0.957. The number of rotatable bonds is 7. The lowest BCUT2D eigenvalue weighted by atomic mass is 10.0. The van der Waals surface area contributed by atoms with Gasteiger partial charge in [-0.25, -0.2) is 8.42 Å². The molecule has 0 fully saturated rings. The van der Waals surface area contributed by atoms with Gasteiger partial charge in [-0.2, -0.15) is 4.72 Å². The monoisotopic (exact) mass is 427 g/mol. The quantitative estimate of drug-likeness (QED) is 0.440. The molecular formula is C21H21N3O5S. The van der Waals surface area contributed by atoms with E-state index in [0.29, 0.717) is 5.69 Å². The summed E-state index contributed by atoms with van der Waals surface area (Å²) < 4.78 is 28.0. The molecule has 2 N–H and O–H groups in total. The van der Waals surface area contributed by atoms with Crippen LogP contribution in [0.25, 0.3) is 10.8 Å². The second-order valence-electron chi connectivity index (χ2n) is 7.08. The lowest BCUT2D eigenvalue weighted by molar-refractivity contribution is -0.387. The zero-order valence-electron chi connectivity index (χ0n) is 16.4. The van der Waals surface area contributed by atoms with Crippen molar-refractivity contribution in [1.29, 1.82) is 0 Å². The summed E-state index contributed by atoms with van der Waals surface area (Å²) in [4.78, 5) is 22.9. The van der Waals surface area contributed by atoms with E-state index in [1.807, 2.05) is 30.3 Å². The molecule has 0 bridgehead atoms. The first-order chi connectivity index (χ1) is 14.2. The van der Waals surface area contributed by atoms with Crippen LogP contribution in [0.4, 0.5) is 11.4 Å². The molecule has 8 nitrogen and oxygen atoms in total. The maximum Gasteiger partial charge on any atom is 0.289 e. The molecule has 156 valence electrons. The number of nitro groups is 1. The highest BCUT2D eigenvalue weighted by Gasteiger charge is 2.32. The Morgan fingerprint density at radius 1 is 0.967 bits per heavy atom. The summed E-state index contributed by atoms with van der Waals surface area (Å²) in [5, 5.41) is 15.7. The van der Waals surface area contributed by atoms with Crippen LogP contribution in [0.5, 0.6) is 0 Å². The molecule has 1 unspecified atom stereocenters. The van der Waals surface area contributed by atoms with Crippen molar-refractivity contribution in [1.82, 2.24) is 4.72 Å². The van der Waals surface area contributed by atoms with E-state index < -0.39 is 43.4 Å². The van der Waals surface area contributed by atoms with E-state index >= 15 is 0 Å². The van der Waals surface area contributed by atoms with Crippen molar-refractivity contribution in [3.05, 3.63) is 76.8 Å². The van der Waals surface area contributed by atoms with Crippen LogP contribution in [0.1, 0.15) is 13.8 Å². The number of amides is 1. The minimum Gasteiger partial charge on any atom is -0.324 e. The molecule has 1 amide bonds. The third-order valence-corrected chi connectivity index (χ3v) is 6.12. The number of para-hydroxylation sites is 1. The number of nitrogens with one attached hydrogen (secondary N) is 2. The Bertz CT molecular complexity index is 1200. The minimum absolute atomic E-state index is 0.405. The molecular weight excluding hydrogens is 406 g/mol. The molecule has 0 saturated heterocycles. The Hall–Kier alpha value is -3.30. The SMILES string of the molecule is CC(C)C(NS(=O)(=O)c1ccccc1[N+](=O)[O-])C(=O)Nc1cccc2ccccc12. The van der Waals surface area contributed by atoms with E-state index in [-0.39, 0.29) is 0 Å². The molecule has 3 aromatic rings. The van der Waals surface area contributed by atoms with Gasteiger partial charge >= 0.3 is 0 Å². The van der Waals surface area contributed by atoms with Crippen LogP contribution in [-0.4, -0.2) is 25.3 Å². The number of benzene rings is 3. The number of carbonyl (C=O) groups is 1. The van der Waals surface area contributed by atoms with Crippen molar-refractivity contribution in [2.75, 3.05) is 5.32 Å². The molecule has 0 heterocycles. The van der Waals surface area contributed by atoms with E-state index in [2.05, 4.69) is 10.0 Å². The van der Waals surface area contributed by atoms with Crippen molar-refractivity contribution in [2.24, 2.45) is 5.92 Å². The largest absolute Gasteiger partial charge is 0.324 e. The summed E-state index contributed by atoms with van der Waals surface area (Å²) >= 11 is 0. The van der Waals surface area contributed by atoms with Crippen molar-refractivity contribution < 1.29 is 18.1 Å². The summed E-state index contributed by atoms with van der Waals surface area (Å²) in [6, 6.07) is 16.8. The van der Waals surface area contributed by atoms with Crippen LogP contribution in [0.3, 0.4) is 0 Å². The van der Waals surface area contributed by atoms with Crippen molar-refractivity contribution in [2.45, 2.75) is 24.8 Å². The van der Waals surface area contributed by atoms with E-state index in [0.717, 1.165) is 22.9 Å². The fourth-order valence-corrected chi connectivity index (χ4v) is 4.62. The number of nitro benzene ring substituents is 1. The van der Waals surface area contributed by atoms with Gasteiger partial charge in [-0.1, -0.05) is 62.4 Å². The summed E-state index contributed by atoms with van der Waals surface area (Å²) in [6.45, 7) is 3.38. The highest BCUT2D eigenvalue weighted by molar-refractivity contribution is 7.89. The van der Waals surface area contributed by atoms with E-state index in [1.54, 1.807) is 26.0 Å². The molecule has 0 radical (unpaired) electrons. The van der Waals surface area contributed by atoms with Crippen LogP contribution in [0, 0.1) is 16.0 Å². The average molecular weight is 427 g/mol. The third kappa shape index (κ3) is 4.47. The molecule has 30 heavy (non-hydrogen) atoms. The third-order valence-electron chi connectivity index (χ3n) is 4.63. The minimum atomic E-state index is -4.31. The Kier molecular flexibility index (Phi) is 6.14. The summed E-state index contributed by atoms with van der Waals surface area (Å²) in [6.07, 6.45) is 0. The number of anilines is 1. The molecule has 0 aliphatic carbocycles. The Morgan fingerprint density at radius 2 is 1.60 bits per heavy atom. The van der Waals surface area contributed by atoms with Gasteiger partial charge < -0.3 is 5.32 Å². The van der Waals surface area contributed by atoms with Gasteiger partial charge in [0.05, 0.1) is 4.92 Å². The number of carbonyl (C=O) groups excluding carboxylic acids is 1. The van der Waals surface area contributed by atoms with Gasteiger partial charge in [-0.05, 0) is 23.4 Å². The van der Waals surface area contributed by atoms with Crippen molar-refractivity contribution in [3.63, 3.8) is 0 Å². The number of hydrogen-bond donors (Lipinski definition) is 2. The molecule has 3 rings (SSSR count). The second-order valence-corrected chi connectivity index (χ2v) is 8.77. The highest BCUT2D eigenvalue weighted by atomic mass is 32.2. The standard InChI is InChI=1S/C21H21N3O5S/c1-14(2)20(23-30(28,29)19-13-6-5-12-18(19)24(26)27)21(25)22-17-11-7-9-15-8-3-4-10-16(15)17/h3-14,20,23H,1-2H3,(H,22,25). The van der Waals surface area contributed by atoms with Crippen LogP contribution in [0.2, 0.25) is 0 Å². The number of sulfonamides is 1. The Labute approximate surface area is 174 Å². The van der Waals surface area contributed by atoms with Crippen LogP contribution < -0.4 is 10.0 Å². The molecule has 1 atom stereocenters. The highest BCUT2D eigenvalue weighted by Crippen LogP contribution is 2.25. The first kappa shape index (κ1) is 21.4. The zero-order chi connectivity index (χ0) is 21.9. The molecule has 0 saturated carbocycles. The summed E-state index contributed by atoms with van der Waals surface area (Å²) in [7, 11) is -4.31. The number of hydrogen-bond acceptors (Lipinski definition) is 5. The summed E-state index contributed by atoms with van der Waals surface area (Å²) in [5.41, 5.74) is -0.00407. The van der Waals surface area contributed by atoms with Crippen molar-refractivity contribution >= 4 is 38.1 Å². The fourth-order valence-electron chi connectivity index (χ4n) is 3.10. The molecule has 0 spiro atoms. The molecule has 0 aliphatic heterocycles. The van der Waals surface area contributed by atoms with E-state index in [1.165, 1.54) is 12.1 Å². The predicted molar refractivity (Wildman–Crippen MR) is 115 cm³/mol. The first-order valence-corrected chi connectivity index (χ1v) is 10.7. The van der Waals surface area contributed by atoms with Crippen LogP contribution >= 0.6 is 0 Å². The van der Waals surface area contributed by atoms with Gasteiger partial charge in [0.15, 0.2) is 4.90 Å². The van der Waals surface area contributed by atoms with Gasteiger partial charge in [0.25, 0.3) is 5.69 Å². The van der Waals surface area contributed by atoms with Gasteiger partial charge in [-0.3, -0.25) is 14.9 Å². The molecule has 0 aliphatic rings. The van der Waals surface area contributed by atoms with Crippen LogP contribution in [0.15, 0.2) is 71.6 Å². The maximum absolute atomic E-state index is 13.0. The Balaban J connectivity index is 1.91.